The molecule has 3 aromatic carbocycles. The second kappa shape index (κ2) is 6.49. The summed E-state index contributed by atoms with van der Waals surface area (Å²) in [5.41, 5.74) is 0.175. The predicted octanol–water partition coefficient (Wildman–Crippen LogP) is 3.52. The zero-order valence-electron chi connectivity index (χ0n) is 14.9. The van der Waals surface area contributed by atoms with Crippen LogP contribution in [0.25, 0.3) is 0 Å². The highest BCUT2D eigenvalue weighted by Crippen LogP contribution is 2.48. The first-order chi connectivity index (χ1) is 13.0. The fourth-order valence-electron chi connectivity index (χ4n) is 3.84. The highest BCUT2D eigenvalue weighted by molar-refractivity contribution is 6.13. The van der Waals surface area contributed by atoms with Crippen LogP contribution in [-0.4, -0.2) is 23.8 Å². The van der Waals surface area contributed by atoms with Gasteiger partial charge in [-0.25, -0.2) is 0 Å². The van der Waals surface area contributed by atoms with Crippen LogP contribution in [0.4, 0.5) is 5.69 Å². The maximum absolute atomic E-state index is 13.5. The van der Waals surface area contributed by atoms with E-state index >= 15 is 0 Å². The van der Waals surface area contributed by atoms with Crippen molar-refractivity contribution in [1.82, 2.24) is 0 Å². The van der Waals surface area contributed by atoms with Crippen LogP contribution in [0, 0.1) is 0 Å². The highest BCUT2D eigenvalue weighted by atomic mass is 16.3. The van der Waals surface area contributed by atoms with E-state index < -0.39 is 17.4 Å². The van der Waals surface area contributed by atoms with Gasteiger partial charge in [0.25, 0.3) is 5.91 Å². The third-order valence-electron chi connectivity index (χ3n) is 5.18. The second-order valence-corrected chi connectivity index (χ2v) is 6.72. The highest BCUT2D eigenvalue weighted by Gasteiger charge is 2.56. The Kier molecular flexibility index (Phi) is 4.13. The molecule has 1 aliphatic heterocycles. The molecule has 0 bridgehead atoms. The Bertz CT molecular complexity index is 1000. The molecule has 0 saturated carbocycles. The Morgan fingerprint density at radius 1 is 0.889 bits per heavy atom. The molecule has 27 heavy (non-hydrogen) atoms. The quantitative estimate of drug-likeness (QED) is 0.727. The van der Waals surface area contributed by atoms with E-state index in [0.29, 0.717) is 22.4 Å². The van der Waals surface area contributed by atoms with Crippen molar-refractivity contribution in [3.63, 3.8) is 0 Å². The SMILES string of the molecule is CN1C(=O)[C@](O)([C@H](C(=O)c2ccccc2)c2ccccc2)c2ccccc21. The van der Waals surface area contributed by atoms with Crippen molar-refractivity contribution in [2.45, 2.75) is 11.5 Å². The number of ketones is 1. The molecule has 4 heteroatoms. The number of nitrogens with zero attached hydrogens (tertiary/aromatic N) is 1. The lowest BCUT2D eigenvalue weighted by atomic mass is 9.74. The molecule has 0 spiro atoms. The van der Waals surface area contributed by atoms with Crippen LogP contribution in [0.3, 0.4) is 0 Å². The van der Waals surface area contributed by atoms with Gasteiger partial charge in [0, 0.05) is 18.2 Å². The minimum atomic E-state index is -1.96. The maximum atomic E-state index is 13.5. The number of para-hydroxylation sites is 1. The molecule has 3 aromatic rings. The van der Waals surface area contributed by atoms with Crippen LogP contribution in [0.5, 0.6) is 0 Å². The van der Waals surface area contributed by atoms with Crippen LogP contribution < -0.4 is 4.90 Å². The van der Waals surface area contributed by atoms with Gasteiger partial charge in [-0.05, 0) is 11.6 Å². The van der Waals surface area contributed by atoms with Crippen molar-refractivity contribution in [2.75, 3.05) is 11.9 Å². The molecular formula is C23H19NO3. The number of rotatable bonds is 4. The van der Waals surface area contributed by atoms with E-state index in [2.05, 4.69) is 0 Å². The van der Waals surface area contributed by atoms with E-state index in [1.54, 1.807) is 73.8 Å². The number of carbonyl (C=O) groups is 2. The Labute approximate surface area is 157 Å². The number of aliphatic hydroxyl groups is 1. The first-order valence-corrected chi connectivity index (χ1v) is 8.79. The van der Waals surface area contributed by atoms with Crippen LogP contribution in [0.15, 0.2) is 84.9 Å². The van der Waals surface area contributed by atoms with E-state index in [1.165, 1.54) is 4.90 Å². The van der Waals surface area contributed by atoms with Crippen LogP contribution in [0.1, 0.15) is 27.4 Å². The van der Waals surface area contributed by atoms with Gasteiger partial charge in [-0.3, -0.25) is 9.59 Å². The Balaban J connectivity index is 1.94. The summed E-state index contributed by atoms with van der Waals surface area (Å²) in [4.78, 5) is 28.0. The number of hydrogen-bond donors (Lipinski definition) is 1. The molecule has 0 aliphatic carbocycles. The van der Waals surface area contributed by atoms with Gasteiger partial charge < -0.3 is 10.0 Å². The average Bonchev–Trinajstić information content (AvgIpc) is 2.92. The van der Waals surface area contributed by atoms with E-state index in [4.69, 9.17) is 0 Å². The fourth-order valence-corrected chi connectivity index (χ4v) is 3.84. The number of hydrogen-bond acceptors (Lipinski definition) is 3. The lowest BCUT2D eigenvalue weighted by Crippen LogP contribution is -2.46. The molecule has 0 radical (unpaired) electrons. The first kappa shape index (κ1) is 17.2. The van der Waals surface area contributed by atoms with Crippen molar-refractivity contribution in [3.05, 3.63) is 102 Å². The predicted molar refractivity (Wildman–Crippen MR) is 104 cm³/mol. The smallest absolute Gasteiger partial charge is 0.264 e. The van der Waals surface area contributed by atoms with Gasteiger partial charge in [0.2, 0.25) is 0 Å². The Hall–Kier alpha value is -3.24. The molecule has 4 nitrogen and oxygen atoms in total. The zero-order valence-corrected chi connectivity index (χ0v) is 14.9. The summed E-state index contributed by atoms with van der Waals surface area (Å²) in [6.07, 6.45) is 0. The second-order valence-electron chi connectivity index (χ2n) is 6.72. The largest absolute Gasteiger partial charge is 0.374 e. The van der Waals surface area contributed by atoms with Gasteiger partial charge in [0.1, 0.15) is 0 Å². The van der Waals surface area contributed by atoms with Gasteiger partial charge in [0.05, 0.1) is 11.6 Å². The van der Waals surface area contributed by atoms with Gasteiger partial charge in [-0.1, -0.05) is 78.9 Å². The third-order valence-corrected chi connectivity index (χ3v) is 5.18. The topological polar surface area (TPSA) is 57.6 Å². The molecule has 0 unspecified atom stereocenters. The molecule has 1 amide bonds. The number of amides is 1. The van der Waals surface area contributed by atoms with E-state index in [9.17, 15) is 14.7 Å². The van der Waals surface area contributed by atoms with Crippen molar-refractivity contribution in [2.24, 2.45) is 0 Å². The first-order valence-electron chi connectivity index (χ1n) is 8.79. The Morgan fingerprint density at radius 2 is 1.44 bits per heavy atom. The minimum absolute atomic E-state index is 0.289. The molecular weight excluding hydrogens is 338 g/mol. The molecule has 0 aromatic heterocycles. The lowest BCUT2D eigenvalue weighted by molar-refractivity contribution is -0.137. The molecule has 0 fully saturated rings. The molecule has 4 rings (SSSR count). The van der Waals surface area contributed by atoms with Gasteiger partial charge in [-0.2, -0.15) is 0 Å². The van der Waals surface area contributed by atoms with E-state index in [0.717, 1.165) is 0 Å². The minimum Gasteiger partial charge on any atom is -0.374 e. The van der Waals surface area contributed by atoms with Crippen molar-refractivity contribution in [1.29, 1.82) is 0 Å². The van der Waals surface area contributed by atoms with Gasteiger partial charge in [0.15, 0.2) is 11.4 Å². The molecule has 134 valence electrons. The maximum Gasteiger partial charge on any atom is 0.264 e. The normalized spacial score (nSPS) is 19.6. The summed E-state index contributed by atoms with van der Waals surface area (Å²) in [6, 6.07) is 24.9. The van der Waals surface area contributed by atoms with E-state index in [1.807, 2.05) is 18.2 Å². The summed E-state index contributed by atoms with van der Waals surface area (Å²) >= 11 is 0. The molecule has 1 N–H and O–H groups in total. The number of carbonyl (C=O) groups excluding carboxylic acids is 2. The van der Waals surface area contributed by atoms with Gasteiger partial charge in [-0.15, -0.1) is 0 Å². The Morgan fingerprint density at radius 3 is 2.11 bits per heavy atom. The fraction of sp³-hybridized carbons (Fsp3) is 0.130. The molecule has 1 aliphatic rings. The molecule has 2 atom stereocenters. The van der Waals surface area contributed by atoms with Crippen LogP contribution in [0.2, 0.25) is 0 Å². The number of likely N-dealkylation sites (N-methyl/N-ethyl adjacent to an activating group) is 1. The zero-order chi connectivity index (χ0) is 19.0. The number of benzene rings is 3. The molecule has 0 saturated heterocycles. The van der Waals surface area contributed by atoms with Crippen molar-refractivity contribution < 1.29 is 14.7 Å². The number of anilines is 1. The summed E-state index contributed by atoms with van der Waals surface area (Å²) in [7, 11) is 1.62. The standard InChI is InChI=1S/C23H19NO3/c1-24-19-15-9-8-14-18(19)23(27,22(24)26)20(16-10-4-2-5-11-16)21(25)17-12-6-3-7-13-17/h2-15,20,27H,1H3/t20-,23+/m0/s1. The number of fused-ring (bicyclic) bond motifs is 1. The summed E-state index contributed by atoms with van der Waals surface area (Å²) < 4.78 is 0. The van der Waals surface area contributed by atoms with Crippen LogP contribution >= 0.6 is 0 Å². The molecule has 1 heterocycles. The summed E-state index contributed by atoms with van der Waals surface area (Å²) in [5.74, 6) is -1.83. The summed E-state index contributed by atoms with van der Waals surface area (Å²) in [6.45, 7) is 0. The lowest BCUT2D eigenvalue weighted by Gasteiger charge is -2.31. The summed E-state index contributed by atoms with van der Waals surface area (Å²) in [5, 5.41) is 11.7. The van der Waals surface area contributed by atoms with Crippen LogP contribution in [-0.2, 0) is 10.4 Å². The van der Waals surface area contributed by atoms with Crippen molar-refractivity contribution >= 4 is 17.4 Å². The third kappa shape index (κ3) is 2.57. The van der Waals surface area contributed by atoms with E-state index in [-0.39, 0.29) is 5.78 Å². The average molecular weight is 357 g/mol. The van der Waals surface area contributed by atoms with Gasteiger partial charge >= 0.3 is 0 Å². The monoisotopic (exact) mass is 357 g/mol. The van der Waals surface area contributed by atoms with Crippen molar-refractivity contribution in [3.8, 4) is 0 Å². The number of Topliss-reactive ketones (excluding diaryl/α,β-unsaturated/α-hetero) is 1.